The van der Waals surface area contributed by atoms with Crippen LogP contribution in [0.25, 0.3) is 0 Å². The highest BCUT2D eigenvalue weighted by Crippen LogP contribution is 2.35. The Morgan fingerprint density at radius 2 is 1.55 bits per heavy atom. The van der Waals surface area contributed by atoms with Gasteiger partial charge in [-0.25, -0.2) is 0 Å². The van der Waals surface area contributed by atoms with Crippen molar-refractivity contribution in [1.29, 1.82) is 0 Å². The summed E-state index contributed by atoms with van der Waals surface area (Å²) in [6.45, 7) is 15.4. The zero-order chi connectivity index (χ0) is 17.1. The van der Waals surface area contributed by atoms with Gasteiger partial charge in [0.15, 0.2) is 5.17 Å². The van der Waals surface area contributed by atoms with Gasteiger partial charge in [0.2, 0.25) is 0 Å². The van der Waals surface area contributed by atoms with Crippen LogP contribution in [0.2, 0.25) is 0 Å². The molecule has 4 heteroatoms. The van der Waals surface area contributed by atoms with Crippen LogP contribution in [0.15, 0.2) is 17.1 Å². The maximum absolute atomic E-state index is 4.81. The molecule has 0 saturated heterocycles. The molecule has 22 heavy (non-hydrogen) atoms. The molecule has 0 aliphatic heterocycles. The van der Waals surface area contributed by atoms with E-state index in [9.17, 15) is 0 Å². The van der Waals surface area contributed by atoms with Crippen LogP contribution < -0.4 is 5.32 Å². The van der Waals surface area contributed by atoms with E-state index < -0.39 is 0 Å². The van der Waals surface area contributed by atoms with Crippen LogP contribution in [0.3, 0.4) is 0 Å². The predicted molar refractivity (Wildman–Crippen MR) is 112 cm³/mol. The molecule has 1 N–H and O–H groups in total. The third kappa shape index (κ3) is 5.76. The van der Waals surface area contributed by atoms with Crippen LogP contribution >= 0.6 is 34.4 Å². The Morgan fingerprint density at radius 3 is 1.86 bits per heavy atom. The molecule has 1 rings (SSSR count). The summed E-state index contributed by atoms with van der Waals surface area (Å²) in [5, 5.41) is 4.61. The summed E-state index contributed by atoms with van der Waals surface area (Å²) in [6.07, 6.45) is 2.08. The number of nitrogens with one attached hydrogen (secondary N) is 1. The fourth-order valence-electron chi connectivity index (χ4n) is 2.24. The zero-order valence-electron chi connectivity index (χ0n) is 15.0. The number of amidine groups is 1. The first-order valence-electron chi connectivity index (χ1n) is 7.79. The van der Waals surface area contributed by atoms with Crippen molar-refractivity contribution < 1.29 is 0 Å². The molecule has 0 radical (unpaired) electrons. The van der Waals surface area contributed by atoms with Crippen molar-refractivity contribution in [3.8, 4) is 0 Å². The maximum Gasteiger partial charge on any atom is 0.161 e. The van der Waals surface area contributed by atoms with E-state index in [-0.39, 0.29) is 5.54 Å². The molecule has 2 nitrogen and oxygen atoms in total. The van der Waals surface area contributed by atoms with Gasteiger partial charge < -0.3 is 5.32 Å². The minimum Gasteiger partial charge on any atom is -0.335 e. The minimum absolute atomic E-state index is 0.0788. The number of anilines is 1. The summed E-state index contributed by atoms with van der Waals surface area (Å²) >= 11 is 4.09. The average molecular weight is 432 g/mol. The number of hydrogen-bond acceptors (Lipinski definition) is 2. The second kappa shape index (κ2) is 8.04. The lowest BCUT2D eigenvalue weighted by Crippen LogP contribution is -2.19. The van der Waals surface area contributed by atoms with Crippen LogP contribution in [-0.4, -0.2) is 17.0 Å². The van der Waals surface area contributed by atoms with Gasteiger partial charge in [0.05, 0.1) is 5.54 Å². The lowest BCUT2D eigenvalue weighted by molar-refractivity contribution is 0.585. The highest BCUT2D eigenvalue weighted by atomic mass is 127. The van der Waals surface area contributed by atoms with E-state index in [0.717, 1.165) is 5.17 Å². The predicted octanol–water partition coefficient (Wildman–Crippen LogP) is 6.47. The topological polar surface area (TPSA) is 24.4 Å². The van der Waals surface area contributed by atoms with Crippen LogP contribution in [0, 0.1) is 3.57 Å². The fourth-order valence-corrected chi connectivity index (χ4v) is 3.48. The minimum atomic E-state index is -0.0788. The molecular weight excluding hydrogens is 403 g/mol. The molecule has 0 saturated carbocycles. The summed E-state index contributed by atoms with van der Waals surface area (Å²) in [6, 6.07) is 4.57. The van der Waals surface area contributed by atoms with Gasteiger partial charge in [-0.1, -0.05) is 39.5 Å². The Kier molecular flexibility index (Phi) is 7.24. The van der Waals surface area contributed by atoms with Crippen LogP contribution in [-0.2, 0) is 0 Å². The van der Waals surface area contributed by atoms with Crippen molar-refractivity contribution in [2.45, 2.75) is 65.8 Å². The lowest BCUT2D eigenvalue weighted by Gasteiger charge is -2.23. The summed E-state index contributed by atoms with van der Waals surface area (Å²) in [7, 11) is 0. The number of aliphatic imine (C=N–C) groups is 1. The van der Waals surface area contributed by atoms with Gasteiger partial charge in [0.1, 0.15) is 0 Å². The number of hydrogen-bond donors (Lipinski definition) is 1. The SMILES string of the molecule is CSC(=NC(C)(C)C)Nc1c(C(C)C)cc(I)cc1C(C)C. The molecule has 0 aliphatic carbocycles. The molecule has 0 heterocycles. The van der Waals surface area contributed by atoms with Crippen LogP contribution in [0.5, 0.6) is 0 Å². The smallest absolute Gasteiger partial charge is 0.161 e. The number of rotatable bonds is 3. The van der Waals surface area contributed by atoms with Gasteiger partial charge in [-0.3, -0.25) is 4.99 Å². The Morgan fingerprint density at radius 1 is 1.09 bits per heavy atom. The number of thioether (sulfide) groups is 1. The van der Waals surface area contributed by atoms with Crippen molar-refractivity contribution in [3.63, 3.8) is 0 Å². The van der Waals surface area contributed by atoms with Crippen LogP contribution in [0.4, 0.5) is 5.69 Å². The Balaban J connectivity index is 3.40. The number of benzene rings is 1. The number of halogens is 1. The highest BCUT2D eigenvalue weighted by molar-refractivity contribution is 14.1. The molecule has 124 valence electrons. The van der Waals surface area contributed by atoms with Gasteiger partial charge in [0.25, 0.3) is 0 Å². The van der Waals surface area contributed by atoms with E-state index in [1.165, 1.54) is 20.4 Å². The summed E-state index contributed by atoms with van der Waals surface area (Å²) < 4.78 is 1.30. The molecule has 0 atom stereocenters. The van der Waals surface area contributed by atoms with E-state index in [1.807, 2.05) is 0 Å². The summed E-state index contributed by atoms with van der Waals surface area (Å²) in [5.41, 5.74) is 3.89. The molecular formula is C18H29IN2S. The average Bonchev–Trinajstić information content (AvgIpc) is 2.37. The first-order chi connectivity index (χ1) is 10.0. The molecule has 0 aliphatic rings. The largest absolute Gasteiger partial charge is 0.335 e. The van der Waals surface area contributed by atoms with Crippen molar-refractivity contribution in [1.82, 2.24) is 0 Å². The molecule has 1 aromatic carbocycles. The van der Waals surface area contributed by atoms with Gasteiger partial charge in [-0.05, 0) is 84.7 Å². The highest BCUT2D eigenvalue weighted by Gasteiger charge is 2.18. The molecule has 0 spiro atoms. The fraction of sp³-hybridized carbons (Fsp3) is 0.611. The molecule has 0 fully saturated rings. The van der Waals surface area contributed by atoms with Gasteiger partial charge in [0, 0.05) is 9.26 Å². The van der Waals surface area contributed by atoms with Crippen LogP contribution in [0.1, 0.15) is 71.4 Å². The third-order valence-electron chi connectivity index (χ3n) is 3.27. The van der Waals surface area contributed by atoms with E-state index in [0.29, 0.717) is 11.8 Å². The Hall–Kier alpha value is -0.230. The van der Waals surface area contributed by atoms with E-state index in [4.69, 9.17) is 4.99 Å². The standard InChI is InChI=1S/C18H29IN2S/c1-11(2)14-9-13(19)10-15(12(3)4)16(14)20-17(22-8)21-18(5,6)7/h9-12H,1-8H3,(H,20,21). The molecule has 0 unspecified atom stereocenters. The van der Waals surface area contributed by atoms with E-state index in [1.54, 1.807) is 11.8 Å². The number of nitrogens with zero attached hydrogens (tertiary/aromatic N) is 1. The van der Waals surface area contributed by atoms with Crippen molar-refractivity contribution >= 4 is 45.2 Å². The molecule has 1 aromatic rings. The van der Waals surface area contributed by atoms with Crippen molar-refractivity contribution in [3.05, 3.63) is 26.8 Å². The second-order valence-electron chi connectivity index (χ2n) is 7.19. The summed E-state index contributed by atoms with van der Waals surface area (Å²) in [5.74, 6) is 0.958. The monoisotopic (exact) mass is 432 g/mol. The van der Waals surface area contributed by atoms with Crippen molar-refractivity contribution in [2.75, 3.05) is 11.6 Å². The maximum atomic E-state index is 4.81. The molecule has 0 amide bonds. The normalized spacial score (nSPS) is 13.1. The van der Waals surface area contributed by atoms with Gasteiger partial charge >= 0.3 is 0 Å². The van der Waals surface area contributed by atoms with Crippen molar-refractivity contribution in [2.24, 2.45) is 4.99 Å². The lowest BCUT2D eigenvalue weighted by atomic mass is 9.93. The van der Waals surface area contributed by atoms with Gasteiger partial charge in [-0.2, -0.15) is 0 Å². The Labute approximate surface area is 154 Å². The summed E-state index contributed by atoms with van der Waals surface area (Å²) in [4.78, 5) is 4.81. The third-order valence-corrected chi connectivity index (χ3v) is 4.47. The van der Waals surface area contributed by atoms with E-state index >= 15 is 0 Å². The quantitative estimate of drug-likeness (QED) is 0.336. The van der Waals surface area contributed by atoms with E-state index in [2.05, 4.69) is 94.8 Å². The van der Waals surface area contributed by atoms with Gasteiger partial charge in [-0.15, -0.1) is 0 Å². The zero-order valence-corrected chi connectivity index (χ0v) is 18.0. The second-order valence-corrected chi connectivity index (χ2v) is 9.23. The first-order valence-corrected chi connectivity index (χ1v) is 10.1. The first kappa shape index (κ1) is 19.8. The molecule has 0 bridgehead atoms. The Bertz CT molecular complexity index is 514. The molecule has 0 aromatic heterocycles.